The van der Waals surface area contributed by atoms with Crippen molar-refractivity contribution in [3.63, 3.8) is 0 Å². The molecular weight excluding hydrogens is 368 g/mol. The summed E-state index contributed by atoms with van der Waals surface area (Å²) in [5.41, 5.74) is 2.32. The number of morpholine rings is 1. The third-order valence-electron chi connectivity index (χ3n) is 5.29. The highest BCUT2D eigenvalue weighted by Crippen LogP contribution is 2.23. The highest BCUT2D eigenvalue weighted by atomic mass is 16.5. The summed E-state index contributed by atoms with van der Waals surface area (Å²) < 4.78 is 13.1. The summed E-state index contributed by atoms with van der Waals surface area (Å²) in [5.74, 6) is 1.59. The van der Waals surface area contributed by atoms with Crippen LogP contribution in [0.3, 0.4) is 0 Å². The van der Waals surface area contributed by atoms with Crippen molar-refractivity contribution in [1.82, 2.24) is 20.0 Å². The standard InChI is InChI=1S/C22H26N4O3/c1-16-8-9-21(29-16)20(25-10-12-28-13-11-25)15-23-22(27)19-14-24-26(17(19)2)18-6-4-3-5-7-18/h3-9,14,20H,10-13,15H2,1-2H3,(H,23,27). The van der Waals surface area contributed by atoms with Gasteiger partial charge >= 0.3 is 0 Å². The summed E-state index contributed by atoms with van der Waals surface area (Å²) in [5, 5.41) is 7.47. The molecule has 1 saturated heterocycles. The van der Waals surface area contributed by atoms with Crippen molar-refractivity contribution < 1.29 is 13.9 Å². The molecule has 1 aliphatic rings. The number of carbonyl (C=O) groups excluding carboxylic acids is 1. The van der Waals surface area contributed by atoms with E-state index in [1.807, 2.05) is 56.3 Å². The normalized spacial score (nSPS) is 15.9. The summed E-state index contributed by atoms with van der Waals surface area (Å²) in [7, 11) is 0. The number of hydrogen-bond acceptors (Lipinski definition) is 5. The molecule has 7 heteroatoms. The van der Waals surface area contributed by atoms with E-state index in [4.69, 9.17) is 9.15 Å². The van der Waals surface area contributed by atoms with Crippen LogP contribution in [-0.4, -0.2) is 53.4 Å². The fraction of sp³-hybridized carbons (Fsp3) is 0.364. The number of amides is 1. The third kappa shape index (κ3) is 4.26. The predicted octanol–water partition coefficient (Wildman–Crippen LogP) is 2.89. The molecule has 29 heavy (non-hydrogen) atoms. The van der Waals surface area contributed by atoms with E-state index in [1.165, 1.54) is 0 Å². The number of hydrogen-bond donors (Lipinski definition) is 1. The first-order valence-electron chi connectivity index (χ1n) is 9.90. The van der Waals surface area contributed by atoms with Gasteiger partial charge in [-0.1, -0.05) is 18.2 Å². The molecule has 7 nitrogen and oxygen atoms in total. The first-order valence-corrected chi connectivity index (χ1v) is 9.90. The fourth-order valence-corrected chi connectivity index (χ4v) is 3.68. The van der Waals surface area contributed by atoms with E-state index >= 15 is 0 Å². The Kier molecular flexibility index (Phi) is 5.78. The second kappa shape index (κ2) is 8.63. The highest BCUT2D eigenvalue weighted by Gasteiger charge is 2.26. The highest BCUT2D eigenvalue weighted by molar-refractivity contribution is 5.95. The summed E-state index contributed by atoms with van der Waals surface area (Å²) in [6.07, 6.45) is 1.62. The molecule has 1 aromatic carbocycles. The van der Waals surface area contributed by atoms with E-state index in [0.29, 0.717) is 25.3 Å². The molecule has 0 bridgehead atoms. The lowest BCUT2D eigenvalue weighted by molar-refractivity contribution is 0.0117. The number of ether oxygens (including phenoxy) is 1. The van der Waals surface area contributed by atoms with Gasteiger partial charge in [0.1, 0.15) is 11.5 Å². The number of nitrogens with one attached hydrogen (secondary N) is 1. The molecule has 0 radical (unpaired) electrons. The van der Waals surface area contributed by atoms with Crippen LogP contribution < -0.4 is 5.32 Å². The van der Waals surface area contributed by atoms with Gasteiger partial charge in [0.15, 0.2) is 0 Å². The minimum absolute atomic E-state index is 0.0268. The first kappa shape index (κ1) is 19.4. The second-order valence-corrected chi connectivity index (χ2v) is 7.21. The minimum atomic E-state index is -0.133. The molecule has 2 aromatic heterocycles. The fourth-order valence-electron chi connectivity index (χ4n) is 3.68. The number of furan rings is 1. The largest absolute Gasteiger partial charge is 0.465 e. The molecule has 1 atom stereocenters. The molecule has 152 valence electrons. The van der Waals surface area contributed by atoms with Gasteiger partial charge in [-0.2, -0.15) is 5.10 Å². The monoisotopic (exact) mass is 394 g/mol. The van der Waals surface area contributed by atoms with E-state index in [0.717, 1.165) is 36.0 Å². The Balaban J connectivity index is 1.49. The number of aryl methyl sites for hydroxylation is 1. The smallest absolute Gasteiger partial charge is 0.254 e. The van der Waals surface area contributed by atoms with Crippen LogP contribution in [-0.2, 0) is 4.74 Å². The van der Waals surface area contributed by atoms with Crippen molar-refractivity contribution in [3.05, 3.63) is 71.4 Å². The minimum Gasteiger partial charge on any atom is -0.465 e. The van der Waals surface area contributed by atoms with Crippen LogP contribution in [0, 0.1) is 13.8 Å². The SMILES string of the molecule is Cc1ccc(C(CNC(=O)c2cnn(-c3ccccc3)c2C)N2CCOCC2)o1. The zero-order chi connectivity index (χ0) is 20.2. The molecular formula is C22H26N4O3. The van der Waals surface area contributed by atoms with Gasteiger partial charge in [-0.3, -0.25) is 9.69 Å². The maximum absolute atomic E-state index is 12.9. The van der Waals surface area contributed by atoms with Crippen LogP contribution in [0.4, 0.5) is 0 Å². The van der Waals surface area contributed by atoms with E-state index in [-0.39, 0.29) is 11.9 Å². The van der Waals surface area contributed by atoms with E-state index in [1.54, 1.807) is 10.9 Å². The van der Waals surface area contributed by atoms with Crippen LogP contribution in [0.15, 0.2) is 53.1 Å². The molecule has 1 N–H and O–H groups in total. The molecule has 0 saturated carbocycles. The number of aromatic nitrogens is 2. The van der Waals surface area contributed by atoms with Crippen molar-refractivity contribution in [2.24, 2.45) is 0 Å². The summed E-state index contributed by atoms with van der Waals surface area (Å²) in [6.45, 7) is 7.29. The Bertz CT molecular complexity index is 958. The Hall–Kier alpha value is -2.90. The van der Waals surface area contributed by atoms with Crippen molar-refractivity contribution >= 4 is 5.91 Å². The predicted molar refractivity (Wildman–Crippen MR) is 109 cm³/mol. The van der Waals surface area contributed by atoms with Gasteiger partial charge in [0.05, 0.1) is 42.4 Å². The van der Waals surface area contributed by atoms with Crippen molar-refractivity contribution in [2.75, 3.05) is 32.8 Å². The molecule has 1 unspecified atom stereocenters. The molecule has 0 spiro atoms. The summed E-state index contributed by atoms with van der Waals surface area (Å²) in [4.78, 5) is 15.2. The van der Waals surface area contributed by atoms with Gasteiger partial charge in [0.2, 0.25) is 0 Å². The number of benzene rings is 1. The molecule has 1 fully saturated rings. The number of nitrogens with zero attached hydrogens (tertiary/aromatic N) is 3. The maximum Gasteiger partial charge on any atom is 0.254 e. The topological polar surface area (TPSA) is 72.5 Å². The average molecular weight is 394 g/mol. The molecule has 3 aromatic rings. The third-order valence-corrected chi connectivity index (χ3v) is 5.29. The Morgan fingerprint density at radius 3 is 2.59 bits per heavy atom. The molecule has 1 amide bonds. The van der Waals surface area contributed by atoms with Crippen LogP contribution in [0.5, 0.6) is 0 Å². The summed E-state index contributed by atoms with van der Waals surface area (Å²) in [6, 6.07) is 13.7. The molecule has 3 heterocycles. The van der Waals surface area contributed by atoms with E-state index in [2.05, 4.69) is 15.3 Å². The zero-order valence-corrected chi connectivity index (χ0v) is 16.8. The molecule has 0 aliphatic carbocycles. The number of carbonyl (C=O) groups is 1. The van der Waals surface area contributed by atoms with Gasteiger partial charge in [-0.15, -0.1) is 0 Å². The Labute approximate surface area is 170 Å². The van der Waals surface area contributed by atoms with Gasteiger partial charge in [0.25, 0.3) is 5.91 Å². The van der Waals surface area contributed by atoms with Crippen molar-refractivity contribution in [3.8, 4) is 5.69 Å². The molecule has 1 aliphatic heterocycles. The van der Waals surface area contributed by atoms with Crippen LogP contribution in [0.2, 0.25) is 0 Å². The van der Waals surface area contributed by atoms with Crippen LogP contribution in [0.25, 0.3) is 5.69 Å². The van der Waals surface area contributed by atoms with Gasteiger partial charge in [-0.25, -0.2) is 4.68 Å². The quantitative estimate of drug-likeness (QED) is 0.696. The summed E-state index contributed by atoms with van der Waals surface area (Å²) >= 11 is 0. The zero-order valence-electron chi connectivity index (χ0n) is 16.8. The lowest BCUT2D eigenvalue weighted by atomic mass is 10.1. The van der Waals surface area contributed by atoms with E-state index in [9.17, 15) is 4.79 Å². The van der Waals surface area contributed by atoms with Gasteiger partial charge < -0.3 is 14.5 Å². The van der Waals surface area contributed by atoms with Crippen LogP contribution in [0.1, 0.15) is 33.6 Å². The molecule has 4 rings (SSSR count). The van der Waals surface area contributed by atoms with E-state index < -0.39 is 0 Å². The maximum atomic E-state index is 12.9. The van der Waals surface area contributed by atoms with Crippen molar-refractivity contribution in [2.45, 2.75) is 19.9 Å². The Morgan fingerprint density at radius 2 is 1.90 bits per heavy atom. The lowest BCUT2D eigenvalue weighted by Gasteiger charge is -2.33. The lowest BCUT2D eigenvalue weighted by Crippen LogP contribution is -2.43. The van der Waals surface area contributed by atoms with Crippen LogP contribution >= 0.6 is 0 Å². The van der Waals surface area contributed by atoms with Crippen molar-refractivity contribution in [1.29, 1.82) is 0 Å². The number of rotatable bonds is 6. The Morgan fingerprint density at radius 1 is 1.14 bits per heavy atom. The number of para-hydroxylation sites is 1. The van der Waals surface area contributed by atoms with Gasteiger partial charge in [-0.05, 0) is 38.1 Å². The first-order chi connectivity index (χ1) is 14.1. The average Bonchev–Trinajstić information content (AvgIpc) is 3.35. The second-order valence-electron chi connectivity index (χ2n) is 7.21. The van der Waals surface area contributed by atoms with Gasteiger partial charge in [0, 0.05) is 19.6 Å².